The second-order valence-corrected chi connectivity index (χ2v) is 4.50. The van der Waals surface area contributed by atoms with Crippen LogP contribution in [0.25, 0.3) is 0 Å². The van der Waals surface area contributed by atoms with Crippen LogP contribution < -0.4 is 5.32 Å². The van der Waals surface area contributed by atoms with Gasteiger partial charge in [-0.15, -0.1) is 0 Å². The van der Waals surface area contributed by atoms with Crippen molar-refractivity contribution < 1.29 is 5.11 Å². The zero-order valence-corrected chi connectivity index (χ0v) is 10.6. The van der Waals surface area contributed by atoms with Gasteiger partial charge in [-0.2, -0.15) is 0 Å². The highest BCUT2D eigenvalue weighted by Crippen LogP contribution is 2.15. The van der Waals surface area contributed by atoms with E-state index in [2.05, 4.69) is 10.3 Å². The van der Waals surface area contributed by atoms with Gasteiger partial charge >= 0.3 is 0 Å². The summed E-state index contributed by atoms with van der Waals surface area (Å²) in [6, 6.07) is 11.1. The lowest BCUT2D eigenvalue weighted by molar-refractivity contribution is 0.174. The standard InChI is InChI=1S/C14H15ClN2O/c15-13-5-3-12(4-6-13)14(18)10-17-9-11-2-1-7-16-8-11/h1-8,14,17-18H,9-10H2. The van der Waals surface area contributed by atoms with Gasteiger partial charge in [-0.3, -0.25) is 4.98 Å². The van der Waals surface area contributed by atoms with Crippen molar-refractivity contribution in [3.8, 4) is 0 Å². The molecule has 18 heavy (non-hydrogen) atoms. The van der Waals surface area contributed by atoms with E-state index in [1.165, 1.54) is 0 Å². The second-order valence-electron chi connectivity index (χ2n) is 4.06. The summed E-state index contributed by atoms with van der Waals surface area (Å²) in [5, 5.41) is 13.8. The molecule has 0 saturated carbocycles. The molecular weight excluding hydrogens is 248 g/mol. The fourth-order valence-corrected chi connectivity index (χ4v) is 1.78. The van der Waals surface area contributed by atoms with Gasteiger partial charge in [0.15, 0.2) is 0 Å². The number of rotatable bonds is 5. The molecule has 4 heteroatoms. The molecule has 0 saturated heterocycles. The van der Waals surface area contributed by atoms with Crippen LogP contribution in [0.4, 0.5) is 0 Å². The number of halogens is 1. The maximum Gasteiger partial charge on any atom is 0.0914 e. The predicted octanol–water partition coefficient (Wildman–Crippen LogP) is 2.56. The zero-order valence-electron chi connectivity index (χ0n) is 9.88. The van der Waals surface area contributed by atoms with E-state index in [0.29, 0.717) is 18.1 Å². The van der Waals surface area contributed by atoms with Crippen LogP contribution in [0, 0.1) is 0 Å². The number of nitrogens with one attached hydrogen (secondary N) is 1. The molecule has 1 aromatic carbocycles. The first-order chi connectivity index (χ1) is 8.75. The number of hydrogen-bond donors (Lipinski definition) is 2. The van der Waals surface area contributed by atoms with Gasteiger partial charge in [-0.25, -0.2) is 0 Å². The van der Waals surface area contributed by atoms with E-state index >= 15 is 0 Å². The lowest BCUT2D eigenvalue weighted by Gasteiger charge is -2.12. The van der Waals surface area contributed by atoms with E-state index in [1.807, 2.05) is 30.5 Å². The van der Waals surface area contributed by atoms with Crippen molar-refractivity contribution in [3.63, 3.8) is 0 Å². The van der Waals surface area contributed by atoms with Gasteiger partial charge < -0.3 is 10.4 Å². The van der Waals surface area contributed by atoms with E-state index in [-0.39, 0.29) is 0 Å². The van der Waals surface area contributed by atoms with Crippen molar-refractivity contribution in [3.05, 3.63) is 64.9 Å². The van der Waals surface area contributed by atoms with Crippen LogP contribution in [0.1, 0.15) is 17.2 Å². The fourth-order valence-electron chi connectivity index (χ4n) is 1.66. The fraction of sp³-hybridized carbons (Fsp3) is 0.214. The van der Waals surface area contributed by atoms with Gasteiger partial charge in [0.2, 0.25) is 0 Å². The summed E-state index contributed by atoms with van der Waals surface area (Å²) in [5.74, 6) is 0. The molecule has 2 rings (SSSR count). The molecule has 94 valence electrons. The highest BCUT2D eigenvalue weighted by molar-refractivity contribution is 6.30. The Morgan fingerprint density at radius 1 is 1.22 bits per heavy atom. The minimum absolute atomic E-state index is 0.497. The molecule has 2 aromatic rings. The Morgan fingerprint density at radius 2 is 2.00 bits per heavy atom. The van der Waals surface area contributed by atoms with Gasteiger partial charge in [-0.1, -0.05) is 29.8 Å². The van der Waals surface area contributed by atoms with Gasteiger partial charge in [0.25, 0.3) is 0 Å². The monoisotopic (exact) mass is 262 g/mol. The third-order valence-corrected chi connectivity index (χ3v) is 2.90. The summed E-state index contributed by atoms with van der Waals surface area (Å²) in [6.07, 6.45) is 3.02. The predicted molar refractivity (Wildman–Crippen MR) is 72.4 cm³/mol. The Balaban J connectivity index is 1.81. The summed E-state index contributed by atoms with van der Waals surface area (Å²) < 4.78 is 0. The van der Waals surface area contributed by atoms with Crippen molar-refractivity contribution in [2.24, 2.45) is 0 Å². The average Bonchev–Trinajstić information content (AvgIpc) is 2.40. The molecule has 1 atom stereocenters. The van der Waals surface area contributed by atoms with Crippen LogP contribution in [0.5, 0.6) is 0 Å². The van der Waals surface area contributed by atoms with Crippen LogP contribution in [0.3, 0.4) is 0 Å². The van der Waals surface area contributed by atoms with E-state index in [4.69, 9.17) is 11.6 Å². The molecule has 0 bridgehead atoms. The quantitative estimate of drug-likeness (QED) is 0.871. The number of aromatic nitrogens is 1. The molecule has 3 nitrogen and oxygen atoms in total. The molecule has 0 aliphatic heterocycles. The largest absolute Gasteiger partial charge is 0.387 e. The number of benzene rings is 1. The minimum Gasteiger partial charge on any atom is -0.387 e. The van der Waals surface area contributed by atoms with Crippen LogP contribution in [0.15, 0.2) is 48.8 Å². The lowest BCUT2D eigenvalue weighted by atomic mass is 10.1. The van der Waals surface area contributed by atoms with E-state index in [9.17, 15) is 5.11 Å². The first-order valence-corrected chi connectivity index (χ1v) is 6.16. The summed E-state index contributed by atoms with van der Waals surface area (Å²) in [5.41, 5.74) is 1.96. The molecular formula is C14H15ClN2O. The van der Waals surface area contributed by atoms with Crippen molar-refractivity contribution in [2.75, 3.05) is 6.54 Å². The normalized spacial score (nSPS) is 12.3. The Kier molecular flexibility index (Phi) is 4.70. The summed E-state index contributed by atoms with van der Waals surface area (Å²) in [6.45, 7) is 1.19. The minimum atomic E-state index is -0.529. The summed E-state index contributed by atoms with van der Waals surface area (Å²) in [4.78, 5) is 4.03. The van der Waals surface area contributed by atoms with Gasteiger partial charge in [0, 0.05) is 30.5 Å². The number of nitrogens with zero attached hydrogens (tertiary/aromatic N) is 1. The molecule has 1 heterocycles. The van der Waals surface area contributed by atoms with Crippen LogP contribution in [0.2, 0.25) is 5.02 Å². The molecule has 0 fully saturated rings. The number of aliphatic hydroxyl groups is 1. The van der Waals surface area contributed by atoms with E-state index < -0.39 is 6.10 Å². The molecule has 2 N–H and O–H groups in total. The molecule has 0 aliphatic rings. The number of hydrogen-bond acceptors (Lipinski definition) is 3. The first-order valence-electron chi connectivity index (χ1n) is 5.79. The van der Waals surface area contributed by atoms with Crippen LogP contribution in [-0.4, -0.2) is 16.6 Å². The molecule has 0 amide bonds. The van der Waals surface area contributed by atoms with Crippen molar-refractivity contribution in [1.29, 1.82) is 0 Å². The lowest BCUT2D eigenvalue weighted by Crippen LogP contribution is -2.21. The number of pyridine rings is 1. The van der Waals surface area contributed by atoms with Gasteiger partial charge in [0.05, 0.1) is 6.10 Å². The Morgan fingerprint density at radius 3 is 2.67 bits per heavy atom. The van der Waals surface area contributed by atoms with Crippen molar-refractivity contribution in [1.82, 2.24) is 10.3 Å². The highest BCUT2D eigenvalue weighted by atomic mass is 35.5. The van der Waals surface area contributed by atoms with Crippen molar-refractivity contribution >= 4 is 11.6 Å². The SMILES string of the molecule is OC(CNCc1cccnc1)c1ccc(Cl)cc1. The zero-order chi connectivity index (χ0) is 12.8. The van der Waals surface area contributed by atoms with Gasteiger partial charge in [-0.05, 0) is 29.3 Å². The molecule has 0 spiro atoms. The van der Waals surface area contributed by atoms with E-state index in [0.717, 1.165) is 11.1 Å². The highest BCUT2D eigenvalue weighted by Gasteiger charge is 2.06. The third-order valence-electron chi connectivity index (χ3n) is 2.64. The van der Waals surface area contributed by atoms with Crippen LogP contribution in [-0.2, 0) is 6.54 Å². The Labute approximate surface area is 111 Å². The average molecular weight is 263 g/mol. The maximum absolute atomic E-state index is 9.97. The third kappa shape index (κ3) is 3.81. The molecule has 1 aromatic heterocycles. The number of aliphatic hydroxyl groups excluding tert-OH is 1. The van der Waals surface area contributed by atoms with E-state index in [1.54, 1.807) is 18.3 Å². The summed E-state index contributed by atoms with van der Waals surface area (Å²) in [7, 11) is 0. The van der Waals surface area contributed by atoms with Crippen molar-refractivity contribution in [2.45, 2.75) is 12.6 Å². The summed E-state index contributed by atoms with van der Waals surface area (Å²) >= 11 is 5.80. The Bertz CT molecular complexity index is 473. The molecule has 0 aliphatic carbocycles. The maximum atomic E-state index is 9.97. The molecule has 1 unspecified atom stereocenters. The Hall–Kier alpha value is -1.42. The second kappa shape index (κ2) is 6.50. The topological polar surface area (TPSA) is 45.1 Å². The first kappa shape index (κ1) is 13.0. The smallest absolute Gasteiger partial charge is 0.0914 e. The van der Waals surface area contributed by atoms with Crippen LogP contribution >= 0.6 is 11.6 Å². The molecule has 0 radical (unpaired) electrons. The van der Waals surface area contributed by atoms with Gasteiger partial charge in [0.1, 0.15) is 0 Å².